The molecule has 0 aromatic carbocycles. The van der Waals surface area contributed by atoms with Crippen molar-refractivity contribution >= 4 is 11.8 Å². The molecule has 0 radical (unpaired) electrons. The minimum Gasteiger partial charge on any atom is -0.317 e. The van der Waals surface area contributed by atoms with Gasteiger partial charge >= 0.3 is 0 Å². The van der Waals surface area contributed by atoms with Gasteiger partial charge in [0.05, 0.1) is 12.2 Å². The Balaban J connectivity index is 1.68. The van der Waals surface area contributed by atoms with Crippen LogP contribution in [0.3, 0.4) is 0 Å². The summed E-state index contributed by atoms with van der Waals surface area (Å²) in [6.07, 6.45) is 9.54. The normalized spacial score (nSPS) is 24.0. The fourth-order valence-electron chi connectivity index (χ4n) is 2.87. The predicted octanol–water partition coefficient (Wildman–Crippen LogP) is 2.42. The summed E-state index contributed by atoms with van der Waals surface area (Å²) in [5.74, 6) is 3.34. The third kappa shape index (κ3) is 2.68. The number of piperidine rings is 1. The predicted molar refractivity (Wildman–Crippen MR) is 72.7 cm³/mol. The largest absolute Gasteiger partial charge is 0.317 e. The first kappa shape index (κ1) is 11.6. The summed E-state index contributed by atoms with van der Waals surface area (Å²) < 4.78 is 2.23. The lowest BCUT2D eigenvalue weighted by Gasteiger charge is -2.23. The first-order chi connectivity index (χ1) is 8.43. The molecule has 2 aliphatic rings. The lowest BCUT2D eigenvalue weighted by Crippen LogP contribution is -2.26. The molecule has 2 fully saturated rings. The summed E-state index contributed by atoms with van der Waals surface area (Å²) in [5, 5.41) is 8.03. The zero-order valence-corrected chi connectivity index (χ0v) is 11.1. The molecule has 2 aliphatic heterocycles. The van der Waals surface area contributed by atoms with Gasteiger partial charge in [0.25, 0.3) is 0 Å². The van der Waals surface area contributed by atoms with Crippen molar-refractivity contribution in [1.82, 2.24) is 15.1 Å². The van der Waals surface area contributed by atoms with Gasteiger partial charge in [-0.05, 0) is 61.8 Å². The van der Waals surface area contributed by atoms with Crippen LogP contribution in [-0.2, 0) is 0 Å². The van der Waals surface area contributed by atoms with Gasteiger partial charge in [-0.15, -0.1) is 0 Å². The van der Waals surface area contributed by atoms with Crippen molar-refractivity contribution in [2.75, 3.05) is 24.6 Å². The Morgan fingerprint density at radius 2 is 1.94 bits per heavy atom. The van der Waals surface area contributed by atoms with Gasteiger partial charge in [0.2, 0.25) is 0 Å². The summed E-state index contributed by atoms with van der Waals surface area (Å²) >= 11 is 2.08. The number of hydrogen-bond acceptors (Lipinski definition) is 3. The van der Waals surface area contributed by atoms with Crippen LogP contribution in [0.25, 0.3) is 0 Å². The van der Waals surface area contributed by atoms with E-state index in [1.165, 1.54) is 42.8 Å². The molecular weight excluding hydrogens is 230 g/mol. The molecule has 3 rings (SSSR count). The smallest absolute Gasteiger partial charge is 0.0535 e. The lowest BCUT2D eigenvalue weighted by molar-refractivity contribution is 0.424. The van der Waals surface area contributed by atoms with E-state index in [-0.39, 0.29) is 0 Å². The summed E-state index contributed by atoms with van der Waals surface area (Å²) in [6.45, 7) is 2.33. The molecule has 0 saturated carbocycles. The zero-order valence-electron chi connectivity index (χ0n) is 10.3. The molecule has 1 aromatic rings. The third-order valence-corrected chi connectivity index (χ3v) is 5.05. The maximum Gasteiger partial charge on any atom is 0.0535 e. The highest BCUT2D eigenvalue weighted by Gasteiger charge is 2.20. The van der Waals surface area contributed by atoms with Gasteiger partial charge < -0.3 is 5.32 Å². The van der Waals surface area contributed by atoms with E-state index in [9.17, 15) is 0 Å². The van der Waals surface area contributed by atoms with Crippen LogP contribution in [0.5, 0.6) is 0 Å². The second kappa shape index (κ2) is 5.44. The van der Waals surface area contributed by atoms with Crippen molar-refractivity contribution in [3.05, 3.63) is 18.0 Å². The van der Waals surface area contributed by atoms with Crippen LogP contribution in [0, 0.1) is 0 Å². The van der Waals surface area contributed by atoms with E-state index in [0.717, 1.165) is 19.0 Å². The minimum atomic E-state index is 0.659. The SMILES string of the molecule is c1nn(C2CCSCC2)cc1C1CCNCC1. The Labute approximate surface area is 107 Å². The van der Waals surface area contributed by atoms with E-state index in [4.69, 9.17) is 0 Å². The fourth-order valence-corrected chi connectivity index (χ4v) is 3.95. The summed E-state index contributed by atoms with van der Waals surface area (Å²) in [4.78, 5) is 0. The third-order valence-electron chi connectivity index (χ3n) is 4.00. The van der Waals surface area contributed by atoms with Crippen LogP contribution < -0.4 is 5.32 Å². The monoisotopic (exact) mass is 251 g/mol. The average Bonchev–Trinajstić information content (AvgIpc) is 2.90. The van der Waals surface area contributed by atoms with Crippen molar-refractivity contribution in [2.45, 2.75) is 37.6 Å². The molecular formula is C13H21N3S. The maximum atomic E-state index is 4.60. The molecule has 0 atom stereocenters. The molecule has 0 amide bonds. The summed E-state index contributed by atoms with van der Waals surface area (Å²) in [6, 6.07) is 0.659. The number of thioether (sulfide) groups is 1. The molecule has 0 spiro atoms. The van der Waals surface area contributed by atoms with E-state index in [0.29, 0.717) is 6.04 Å². The van der Waals surface area contributed by atoms with Crippen LogP contribution in [0.4, 0.5) is 0 Å². The fraction of sp³-hybridized carbons (Fsp3) is 0.769. The van der Waals surface area contributed by atoms with Crippen molar-refractivity contribution in [3.8, 4) is 0 Å². The van der Waals surface area contributed by atoms with Gasteiger partial charge in [0, 0.05) is 6.20 Å². The van der Waals surface area contributed by atoms with Gasteiger partial charge in [-0.1, -0.05) is 0 Å². The van der Waals surface area contributed by atoms with Crippen LogP contribution in [0.2, 0.25) is 0 Å². The van der Waals surface area contributed by atoms with Crippen LogP contribution in [0.15, 0.2) is 12.4 Å². The molecule has 1 N–H and O–H groups in total. The summed E-state index contributed by atoms with van der Waals surface area (Å²) in [5.41, 5.74) is 1.46. The molecule has 4 heteroatoms. The van der Waals surface area contributed by atoms with Crippen molar-refractivity contribution in [2.24, 2.45) is 0 Å². The molecule has 1 aromatic heterocycles. The Hall–Kier alpha value is -0.480. The van der Waals surface area contributed by atoms with Gasteiger partial charge in [-0.3, -0.25) is 4.68 Å². The molecule has 0 unspecified atom stereocenters. The van der Waals surface area contributed by atoms with Gasteiger partial charge in [-0.2, -0.15) is 16.9 Å². The quantitative estimate of drug-likeness (QED) is 0.875. The van der Waals surface area contributed by atoms with Crippen molar-refractivity contribution < 1.29 is 0 Å². The maximum absolute atomic E-state index is 4.60. The van der Waals surface area contributed by atoms with Crippen molar-refractivity contribution in [1.29, 1.82) is 0 Å². The molecule has 3 nitrogen and oxygen atoms in total. The van der Waals surface area contributed by atoms with Crippen molar-refractivity contribution in [3.63, 3.8) is 0 Å². The van der Waals surface area contributed by atoms with Gasteiger partial charge in [-0.25, -0.2) is 0 Å². The van der Waals surface area contributed by atoms with Gasteiger partial charge in [0.1, 0.15) is 0 Å². The molecule has 17 heavy (non-hydrogen) atoms. The van der Waals surface area contributed by atoms with E-state index in [1.807, 2.05) is 0 Å². The highest BCUT2D eigenvalue weighted by atomic mass is 32.2. The average molecular weight is 251 g/mol. The molecule has 2 saturated heterocycles. The highest BCUT2D eigenvalue weighted by Crippen LogP contribution is 2.29. The van der Waals surface area contributed by atoms with Gasteiger partial charge in [0.15, 0.2) is 0 Å². The first-order valence-corrected chi connectivity index (χ1v) is 7.91. The highest BCUT2D eigenvalue weighted by molar-refractivity contribution is 7.99. The molecule has 0 bridgehead atoms. The second-order valence-corrected chi connectivity index (χ2v) is 6.35. The number of aromatic nitrogens is 2. The number of hydrogen-bond donors (Lipinski definition) is 1. The Bertz CT molecular complexity index is 319. The molecule has 0 aliphatic carbocycles. The number of nitrogens with one attached hydrogen (secondary N) is 1. The van der Waals surface area contributed by atoms with Crippen LogP contribution in [-0.4, -0.2) is 34.4 Å². The summed E-state index contributed by atoms with van der Waals surface area (Å²) in [7, 11) is 0. The van der Waals surface area contributed by atoms with E-state index < -0.39 is 0 Å². The standard InChI is InChI=1S/C13H21N3S/c1-5-14-6-2-11(1)12-9-15-16(10-12)13-3-7-17-8-4-13/h9-11,13-14H,1-8H2. The number of nitrogens with zero attached hydrogens (tertiary/aromatic N) is 2. The van der Waals surface area contributed by atoms with E-state index >= 15 is 0 Å². The zero-order chi connectivity index (χ0) is 11.5. The Morgan fingerprint density at radius 1 is 1.18 bits per heavy atom. The second-order valence-electron chi connectivity index (χ2n) is 5.12. The topological polar surface area (TPSA) is 29.9 Å². The van der Waals surface area contributed by atoms with Crippen LogP contribution in [0.1, 0.15) is 43.2 Å². The minimum absolute atomic E-state index is 0.659. The lowest BCUT2D eigenvalue weighted by atomic mass is 9.93. The van der Waals surface area contributed by atoms with E-state index in [2.05, 4.69) is 39.3 Å². The molecule has 3 heterocycles. The number of rotatable bonds is 2. The first-order valence-electron chi connectivity index (χ1n) is 6.76. The molecule has 94 valence electrons. The van der Waals surface area contributed by atoms with E-state index in [1.54, 1.807) is 0 Å². The van der Waals surface area contributed by atoms with Crippen LogP contribution >= 0.6 is 11.8 Å². The Morgan fingerprint density at radius 3 is 2.71 bits per heavy atom. The Kier molecular flexibility index (Phi) is 3.71.